The third-order valence-electron chi connectivity index (χ3n) is 5.13. The van der Waals surface area contributed by atoms with Crippen molar-refractivity contribution in [1.82, 2.24) is 14.8 Å². The predicted octanol–water partition coefficient (Wildman–Crippen LogP) is 1.14. The molecule has 2 aliphatic rings. The molecule has 7 nitrogen and oxygen atoms in total. The number of aromatic nitrogens is 1. The molecule has 1 amide bonds. The summed E-state index contributed by atoms with van der Waals surface area (Å²) in [6.07, 6.45) is 3.19. The summed E-state index contributed by atoms with van der Waals surface area (Å²) >= 11 is 1.40. The maximum Gasteiger partial charge on any atom is 0.312 e. The van der Waals surface area contributed by atoms with Crippen molar-refractivity contribution in [3.63, 3.8) is 0 Å². The number of thiazole rings is 1. The molecular weight excluding hydrogens is 340 g/mol. The van der Waals surface area contributed by atoms with Gasteiger partial charge in [0.15, 0.2) is 5.13 Å². The van der Waals surface area contributed by atoms with Gasteiger partial charge in [0.1, 0.15) is 6.10 Å². The van der Waals surface area contributed by atoms with Crippen LogP contribution in [0.5, 0.6) is 0 Å². The van der Waals surface area contributed by atoms with Crippen LogP contribution in [0, 0.1) is 5.41 Å². The van der Waals surface area contributed by atoms with Gasteiger partial charge in [-0.2, -0.15) is 0 Å². The van der Waals surface area contributed by atoms with Gasteiger partial charge in [0.05, 0.1) is 11.1 Å². The van der Waals surface area contributed by atoms with Gasteiger partial charge in [-0.1, -0.05) is 0 Å². The first-order chi connectivity index (χ1) is 11.9. The van der Waals surface area contributed by atoms with Crippen LogP contribution >= 0.6 is 11.3 Å². The van der Waals surface area contributed by atoms with E-state index in [0.29, 0.717) is 43.9 Å². The first-order valence-electron chi connectivity index (χ1n) is 8.71. The molecule has 138 valence electrons. The Morgan fingerprint density at radius 3 is 2.80 bits per heavy atom. The lowest BCUT2D eigenvalue weighted by Gasteiger charge is -2.36. The van der Waals surface area contributed by atoms with E-state index in [0.717, 1.165) is 18.7 Å². The van der Waals surface area contributed by atoms with Crippen molar-refractivity contribution in [2.45, 2.75) is 38.2 Å². The lowest BCUT2D eigenvalue weighted by Crippen LogP contribution is -2.45. The Labute approximate surface area is 152 Å². The zero-order valence-electron chi connectivity index (χ0n) is 14.9. The van der Waals surface area contributed by atoms with E-state index in [1.54, 1.807) is 0 Å². The molecule has 25 heavy (non-hydrogen) atoms. The normalized spacial score (nSPS) is 22.6. The number of esters is 1. The number of carbonyl (C=O) groups excluding carboxylic acids is 2. The van der Waals surface area contributed by atoms with Gasteiger partial charge in [-0.3, -0.25) is 9.59 Å². The van der Waals surface area contributed by atoms with Crippen LogP contribution in [0.15, 0.2) is 5.38 Å². The molecule has 0 radical (unpaired) electrons. The predicted molar refractivity (Wildman–Crippen MR) is 96.1 cm³/mol. The minimum absolute atomic E-state index is 0.0279. The van der Waals surface area contributed by atoms with Gasteiger partial charge in [0.2, 0.25) is 5.91 Å². The molecule has 0 aliphatic carbocycles. The Morgan fingerprint density at radius 2 is 2.20 bits per heavy atom. The summed E-state index contributed by atoms with van der Waals surface area (Å²) in [6.45, 7) is 2.01. The molecule has 0 saturated carbocycles. The van der Waals surface area contributed by atoms with Gasteiger partial charge in [-0.25, -0.2) is 4.98 Å². The standard InChI is InChI=1S/C17H26N4O3S/c1-20(2)10-13-9-17(15(23)24-13)5-7-21(8-6-17)14(22)4-3-12-11-25-16(18)19-12/h11,13H,3-10H2,1-2H3,(H2,18,19). The van der Waals surface area contributed by atoms with E-state index in [1.165, 1.54) is 11.3 Å². The molecule has 3 rings (SSSR count). The summed E-state index contributed by atoms with van der Waals surface area (Å²) in [5, 5.41) is 2.43. The second-order valence-electron chi connectivity index (χ2n) is 7.33. The van der Waals surface area contributed by atoms with Gasteiger partial charge in [0.25, 0.3) is 0 Å². The number of anilines is 1. The van der Waals surface area contributed by atoms with E-state index < -0.39 is 0 Å². The highest BCUT2D eigenvalue weighted by Gasteiger charge is 2.50. The van der Waals surface area contributed by atoms with E-state index in [-0.39, 0.29) is 23.4 Å². The van der Waals surface area contributed by atoms with Crippen LogP contribution in [0.25, 0.3) is 0 Å². The van der Waals surface area contributed by atoms with Crippen LogP contribution in [0.3, 0.4) is 0 Å². The second-order valence-corrected chi connectivity index (χ2v) is 8.22. The lowest BCUT2D eigenvalue weighted by molar-refractivity contribution is -0.152. The number of aryl methyl sites for hydroxylation is 1. The molecule has 8 heteroatoms. The first-order valence-corrected chi connectivity index (χ1v) is 9.59. The molecule has 0 bridgehead atoms. The van der Waals surface area contributed by atoms with Crippen molar-refractivity contribution in [3.05, 3.63) is 11.1 Å². The Balaban J connectivity index is 1.49. The highest BCUT2D eigenvalue weighted by atomic mass is 32.1. The minimum Gasteiger partial charge on any atom is -0.461 e. The molecule has 3 heterocycles. The van der Waals surface area contributed by atoms with E-state index in [1.807, 2.05) is 29.3 Å². The fourth-order valence-corrected chi connectivity index (χ4v) is 4.37. The second kappa shape index (κ2) is 7.29. The number of cyclic esters (lactones) is 1. The number of nitrogens with zero attached hydrogens (tertiary/aromatic N) is 3. The quantitative estimate of drug-likeness (QED) is 0.786. The van der Waals surface area contributed by atoms with Crippen molar-refractivity contribution < 1.29 is 14.3 Å². The molecular formula is C17H26N4O3S. The summed E-state index contributed by atoms with van der Waals surface area (Å²) < 4.78 is 5.57. The summed E-state index contributed by atoms with van der Waals surface area (Å²) in [5.74, 6) is 0.0435. The van der Waals surface area contributed by atoms with Crippen LogP contribution < -0.4 is 5.73 Å². The highest BCUT2D eigenvalue weighted by molar-refractivity contribution is 7.13. The van der Waals surface area contributed by atoms with E-state index >= 15 is 0 Å². The fraction of sp³-hybridized carbons (Fsp3) is 0.706. The molecule has 1 aromatic rings. The lowest BCUT2D eigenvalue weighted by atomic mass is 9.76. The topological polar surface area (TPSA) is 88.8 Å². The van der Waals surface area contributed by atoms with Crippen molar-refractivity contribution in [3.8, 4) is 0 Å². The Morgan fingerprint density at radius 1 is 1.48 bits per heavy atom. The van der Waals surface area contributed by atoms with E-state index in [2.05, 4.69) is 4.98 Å². The van der Waals surface area contributed by atoms with Gasteiger partial charge in [0, 0.05) is 37.9 Å². The highest BCUT2D eigenvalue weighted by Crippen LogP contribution is 2.43. The molecule has 2 N–H and O–H groups in total. The van der Waals surface area contributed by atoms with Gasteiger partial charge in [-0.05, 0) is 33.4 Å². The average molecular weight is 366 g/mol. The van der Waals surface area contributed by atoms with Crippen molar-refractivity contribution in [2.24, 2.45) is 5.41 Å². The Hall–Kier alpha value is -1.67. The third kappa shape index (κ3) is 4.12. The number of hydrogen-bond acceptors (Lipinski definition) is 7. The van der Waals surface area contributed by atoms with E-state index in [4.69, 9.17) is 10.5 Å². The Kier molecular flexibility index (Phi) is 5.29. The van der Waals surface area contributed by atoms with Crippen LogP contribution in [-0.4, -0.2) is 66.5 Å². The molecule has 2 saturated heterocycles. The summed E-state index contributed by atoms with van der Waals surface area (Å²) in [5.41, 5.74) is 6.10. The molecule has 1 atom stereocenters. The maximum absolute atomic E-state index is 12.4. The summed E-state index contributed by atoms with van der Waals surface area (Å²) in [6, 6.07) is 0. The number of ether oxygens (including phenoxy) is 1. The number of nitrogen functional groups attached to an aromatic ring is 1. The maximum atomic E-state index is 12.4. The molecule has 1 aromatic heterocycles. The number of nitrogens with two attached hydrogens (primary N) is 1. The summed E-state index contributed by atoms with van der Waals surface area (Å²) in [4.78, 5) is 32.9. The number of piperidine rings is 1. The molecule has 1 unspecified atom stereocenters. The number of hydrogen-bond donors (Lipinski definition) is 1. The number of carbonyl (C=O) groups is 2. The zero-order valence-corrected chi connectivity index (χ0v) is 15.7. The molecule has 2 fully saturated rings. The van der Waals surface area contributed by atoms with Gasteiger partial charge < -0.3 is 20.3 Å². The van der Waals surface area contributed by atoms with Crippen molar-refractivity contribution in [1.29, 1.82) is 0 Å². The SMILES string of the molecule is CN(C)CC1CC2(CCN(C(=O)CCc3csc(N)n3)CC2)C(=O)O1. The fourth-order valence-electron chi connectivity index (χ4n) is 3.77. The number of likely N-dealkylation sites (tertiary alicyclic amines) is 1. The third-order valence-corrected chi connectivity index (χ3v) is 5.85. The Bertz CT molecular complexity index is 638. The van der Waals surface area contributed by atoms with Crippen LogP contribution in [0.1, 0.15) is 31.4 Å². The number of likely N-dealkylation sites (N-methyl/N-ethyl adjacent to an activating group) is 1. The number of rotatable bonds is 5. The molecule has 1 spiro atoms. The molecule has 0 aromatic carbocycles. The first kappa shape index (κ1) is 18.1. The van der Waals surface area contributed by atoms with Gasteiger partial charge >= 0.3 is 5.97 Å². The smallest absolute Gasteiger partial charge is 0.312 e. The van der Waals surface area contributed by atoms with Gasteiger partial charge in [-0.15, -0.1) is 11.3 Å². The molecule has 2 aliphatic heterocycles. The van der Waals surface area contributed by atoms with Crippen molar-refractivity contribution >= 4 is 28.3 Å². The van der Waals surface area contributed by atoms with Crippen LogP contribution in [0.2, 0.25) is 0 Å². The van der Waals surface area contributed by atoms with Crippen LogP contribution in [0.4, 0.5) is 5.13 Å². The summed E-state index contributed by atoms with van der Waals surface area (Å²) in [7, 11) is 3.96. The largest absolute Gasteiger partial charge is 0.461 e. The zero-order chi connectivity index (χ0) is 18.0. The number of amides is 1. The van der Waals surface area contributed by atoms with Crippen LogP contribution in [-0.2, 0) is 20.7 Å². The minimum atomic E-state index is -0.388. The van der Waals surface area contributed by atoms with E-state index in [9.17, 15) is 9.59 Å². The monoisotopic (exact) mass is 366 g/mol. The van der Waals surface area contributed by atoms with Crippen molar-refractivity contribution in [2.75, 3.05) is 39.5 Å². The average Bonchev–Trinajstić information content (AvgIpc) is 3.09.